The monoisotopic (exact) mass is 397 g/mol. The van der Waals surface area contributed by atoms with Gasteiger partial charge in [-0.05, 0) is 42.5 Å². The number of piperidine rings is 1. The van der Waals surface area contributed by atoms with Crippen molar-refractivity contribution in [2.75, 3.05) is 19.6 Å². The molecule has 0 radical (unpaired) electrons. The molecule has 0 spiro atoms. The van der Waals surface area contributed by atoms with Crippen molar-refractivity contribution in [2.24, 2.45) is 17.8 Å². The maximum absolute atomic E-state index is 12.9. The van der Waals surface area contributed by atoms with Gasteiger partial charge in [-0.2, -0.15) is 0 Å². The van der Waals surface area contributed by atoms with E-state index in [2.05, 4.69) is 15.0 Å². The van der Waals surface area contributed by atoms with E-state index in [1.807, 2.05) is 48.5 Å². The van der Waals surface area contributed by atoms with E-state index >= 15 is 0 Å². The Morgan fingerprint density at radius 2 is 1.82 bits per heavy atom. The predicted molar refractivity (Wildman–Crippen MR) is 108 cm³/mol. The van der Waals surface area contributed by atoms with E-state index in [4.69, 9.17) is 4.74 Å². The molecule has 3 atom stereocenters. The van der Waals surface area contributed by atoms with E-state index in [1.54, 1.807) is 6.20 Å². The quantitative estimate of drug-likeness (QED) is 0.572. The number of para-hydroxylation sites is 1. The van der Waals surface area contributed by atoms with Gasteiger partial charge in [0.2, 0.25) is 10.0 Å². The van der Waals surface area contributed by atoms with Crippen LogP contribution in [-0.4, -0.2) is 33.0 Å². The topological polar surface area (TPSA) is 83.2 Å². The zero-order chi connectivity index (χ0) is 19.1. The Kier molecular flexibility index (Phi) is 4.38. The van der Waals surface area contributed by atoms with E-state index in [1.165, 1.54) is 0 Å². The zero-order valence-corrected chi connectivity index (χ0v) is 16.2. The second kappa shape index (κ2) is 6.92. The standard InChI is InChI=1S/C21H23N3O3S/c25-28(26,24-11-18-16-9-22-10-17(16)18)20-12-23-21-15(20)7-4-8-19(21)27-13-14-5-2-1-3-6-14/h1-8,12,16-18,22-24H,9-11,13H2/t16-,17+,18?. The summed E-state index contributed by atoms with van der Waals surface area (Å²) in [5.74, 6) is 2.36. The number of sulfonamides is 1. The summed E-state index contributed by atoms with van der Waals surface area (Å²) >= 11 is 0. The molecule has 0 amide bonds. The number of rotatable bonds is 7. The average Bonchev–Trinajstić information content (AvgIpc) is 3.07. The van der Waals surface area contributed by atoms with Crippen molar-refractivity contribution in [3.63, 3.8) is 0 Å². The number of benzene rings is 2. The van der Waals surface area contributed by atoms with Crippen LogP contribution < -0.4 is 14.8 Å². The largest absolute Gasteiger partial charge is 0.487 e. The second-order valence-electron chi connectivity index (χ2n) is 7.61. The fourth-order valence-electron chi connectivity index (χ4n) is 4.31. The highest BCUT2D eigenvalue weighted by Crippen LogP contribution is 2.48. The Balaban J connectivity index is 1.34. The Labute approximate surface area is 164 Å². The molecular formula is C21H23N3O3S. The summed E-state index contributed by atoms with van der Waals surface area (Å²) in [4.78, 5) is 3.36. The van der Waals surface area contributed by atoms with Crippen molar-refractivity contribution in [3.8, 4) is 5.75 Å². The van der Waals surface area contributed by atoms with E-state index in [-0.39, 0.29) is 4.90 Å². The summed E-state index contributed by atoms with van der Waals surface area (Å²) in [6, 6.07) is 15.4. The predicted octanol–water partition coefficient (Wildman–Crippen LogP) is 2.49. The van der Waals surface area contributed by atoms with Gasteiger partial charge in [0.25, 0.3) is 0 Å². The first-order valence-electron chi connectivity index (χ1n) is 9.61. The van der Waals surface area contributed by atoms with Crippen molar-refractivity contribution in [2.45, 2.75) is 11.5 Å². The summed E-state index contributed by atoms with van der Waals surface area (Å²) in [6.45, 7) is 2.95. The van der Waals surface area contributed by atoms with E-state index in [0.717, 1.165) is 18.7 Å². The Bertz CT molecular complexity index is 1080. The van der Waals surface area contributed by atoms with Crippen molar-refractivity contribution >= 4 is 20.9 Å². The summed E-state index contributed by atoms with van der Waals surface area (Å²) < 4.78 is 34.5. The summed E-state index contributed by atoms with van der Waals surface area (Å²) in [5, 5.41) is 3.98. The molecule has 3 aromatic rings. The van der Waals surface area contributed by atoms with Gasteiger partial charge in [-0.1, -0.05) is 42.5 Å². The van der Waals surface area contributed by atoms with Gasteiger partial charge in [-0.15, -0.1) is 0 Å². The third kappa shape index (κ3) is 3.19. The van der Waals surface area contributed by atoms with Crippen LogP contribution in [0.15, 0.2) is 59.6 Å². The molecule has 1 unspecified atom stereocenters. The number of fused-ring (bicyclic) bond motifs is 2. The van der Waals surface area contributed by atoms with Crippen molar-refractivity contribution in [1.82, 2.24) is 15.0 Å². The van der Waals surface area contributed by atoms with Gasteiger partial charge >= 0.3 is 0 Å². The molecule has 3 N–H and O–H groups in total. The van der Waals surface area contributed by atoms with Gasteiger partial charge in [-0.3, -0.25) is 0 Å². The molecule has 1 aromatic heterocycles. The minimum atomic E-state index is -3.57. The molecule has 28 heavy (non-hydrogen) atoms. The van der Waals surface area contributed by atoms with Crippen LogP contribution in [0.1, 0.15) is 5.56 Å². The number of hydrogen-bond donors (Lipinski definition) is 3. The maximum atomic E-state index is 12.9. The van der Waals surface area contributed by atoms with Crippen LogP contribution in [-0.2, 0) is 16.6 Å². The first kappa shape index (κ1) is 17.7. The molecule has 1 saturated carbocycles. The molecule has 1 saturated heterocycles. The highest BCUT2D eigenvalue weighted by Gasteiger charge is 2.52. The third-order valence-electron chi connectivity index (χ3n) is 5.94. The van der Waals surface area contributed by atoms with E-state index in [9.17, 15) is 8.42 Å². The lowest BCUT2D eigenvalue weighted by Gasteiger charge is -2.09. The molecule has 2 fully saturated rings. The molecular weight excluding hydrogens is 374 g/mol. The Morgan fingerprint density at radius 3 is 2.61 bits per heavy atom. The fourth-order valence-corrected chi connectivity index (χ4v) is 5.55. The van der Waals surface area contributed by atoms with Crippen LogP contribution in [0.2, 0.25) is 0 Å². The third-order valence-corrected chi connectivity index (χ3v) is 7.41. The SMILES string of the molecule is O=S(=O)(NCC1[C@H]2CNC[C@@H]12)c1c[nH]c2c(OCc3ccccc3)cccc12. The van der Waals surface area contributed by atoms with Crippen LogP contribution in [0, 0.1) is 17.8 Å². The summed E-state index contributed by atoms with van der Waals surface area (Å²) in [6.07, 6.45) is 1.55. The summed E-state index contributed by atoms with van der Waals surface area (Å²) in [7, 11) is -3.57. The van der Waals surface area contributed by atoms with Crippen molar-refractivity contribution < 1.29 is 13.2 Å². The lowest BCUT2D eigenvalue weighted by atomic mass is 10.2. The maximum Gasteiger partial charge on any atom is 0.242 e. The lowest BCUT2D eigenvalue weighted by Crippen LogP contribution is -2.28. The zero-order valence-electron chi connectivity index (χ0n) is 15.4. The minimum absolute atomic E-state index is 0.275. The van der Waals surface area contributed by atoms with Crippen LogP contribution in [0.25, 0.3) is 10.9 Å². The number of nitrogens with one attached hydrogen (secondary N) is 3. The first-order chi connectivity index (χ1) is 13.6. The van der Waals surface area contributed by atoms with Gasteiger partial charge in [0.15, 0.2) is 0 Å². The lowest BCUT2D eigenvalue weighted by molar-refractivity contribution is 0.309. The average molecular weight is 398 g/mol. The van der Waals surface area contributed by atoms with E-state index < -0.39 is 10.0 Å². The highest BCUT2D eigenvalue weighted by atomic mass is 32.2. The molecule has 0 bridgehead atoms. The number of aromatic amines is 1. The number of H-pyrrole nitrogens is 1. The Hall–Kier alpha value is -2.35. The Morgan fingerprint density at radius 1 is 1.04 bits per heavy atom. The number of ether oxygens (including phenoxy) is 1. The molecule has 2 aromatic carbocycles. The van der Waals surface area contributed by atoms with Gasteiger partial charge in [0, 0.05) is 18.1 Å². The molecule has 7 heteroatoms. The van der Waals surface area contributed by atoms with Gasteiger partial charge in [0.05, 0.1) is 5.52 Å². The summed E-state index contributed by atoms with van der Waals surface area (Å²) in [5.41, 5.74) is 1.76. The van der Waals surface area contributed by atoms with E-state index in [0.29, 0.717) is 47.6 Å². The molecule has 2 aliphatic rings. The first-order valence-corrected chi connectivity index (χ1v) is 11.1. The normalized spacial score (nSPS) is 23.6. The molecule has 1 aliphatic heterocycles. The van der Waals surface area contributed by atoms with Gasteiger partial charge in [-0.25, -0.2) is 13.1 Å². The van der Waals surface area contributed by atoms with Crippen LogP contribution in [0.3, 0.4) is 0 Å². The molecule has 5 rings (SSSR count). The minimum Gasteiger partial charge on any atom is -0.487 e. The molecule has 2 heterocycles. The van der Waals surface area contributed by atoms with Crippen molar-refractivity contribution in [1.29, 1.82) is 0 Å². The molecule has 1 aliphatic carbocycles. The van der Waals surface area contributed by atoms with Crippen LogP contribution in [0.4, 0.5) is 0 Å². The molecule has 146 valence electrons. The number of aromatic nitrogens is 1. The molecule has 6 nitrogen and oxygen atoms in total. The fraction of sp³-hybridized carbons (Fsp3) is 0.333. The van der Waals surface area contributed by atoms with Gasteiger partial charge in [0.1, 0.15) is 17.3 Å². The van der Waals surface area contributed by atoms with Crippen LogP contribution >= 0.6 is 0 Å². The van der Waals surface area contributed by atoms with Crippen LogP contribution in [0.5, 0.6) is 5.75 Å². The number of hydrogen-bond acceptors (Lipinski definition) is 4. The highest BCUT2D eigenvalue weighted by molar-refractivity contribution is 7.89. The second-order valence-corrected chi connectivity index (χ2v) is 9.34. The smallest absolute Gasteiger partial charge is 0.242 e. The van der Waals surface area contributed by atoms with Gasteiger partial charge < -0.3 is 15.0 Å². The van der Waals surface area contributed by atoms with Crippen molar-refractivity contribution in [3.05, 3.63) is 60.3 Å².